The number of methoxy groups -OCH3 is 1. The maximum atomic E-state index is 12.2. The van der Waals surface area contributed by atoms with E-state index in [1.54, 1.807) is 30.2 Å². The second kappa shape index (κ2) is 4.63. The first-order chi connectivity index (χ1) is 8.10. The lowest BCUT2D eigenvalue weighted by Crippen LogP contribution is -2.30. The fourth-order valence-electron chi connectivity index (χ4n) is 2.09. The van der Waals surface area contributed by atoms with Gasteiger partial charge >= 0.3 is 0 Å². The van der Waals surface area contributed by atoms with Gasteiger partial charge < -0.3 is 21.1 Å². The van der Waals surface area contributed by atoms with Crippen molar-refractivity contribution in [3.63, 3.8) is 0 Å². The molecule has 0 bridgehead atoms. The molecule has 1 aliphatic rings. The first kappa shape index (κ1) is 11.7. The molecule has 17 heavy (non-hydrogen) atoms. The van der Waals surface area contributed by atoms with Crippen LogP contribution in [0.1, 0.15) is 16.8 Å². The summed E-state index contributed by atoms with van der Waals surface area (Å²) in [4.78, 5) is 13.9. The average Bonchev–Trinajstić information content (AvgIpc) is 2.75. The predicted molar refractivity (Wildman–Crippen MR) is 66.6 cm³/mol. The monoisotopic (exact) mass is 235 g/mol. The first-order valence-corrected chi connectivity index (χ1v) is 5.58. The Morgan fingerprint density at radius 1 is 1.35 bits per heavy atom. The molecule has 0 aromatic heterocycles. The summed E-state index contributed by atoms with van der Waals surface area (Å²) in [5.74, 6) is -0.0384. The molecule has 1 fully saturated rings. The van der Waals surface area contributed by atoms with E-state index in [1.807, 2.05) is 0 Å². The van der Waals surface area contributed by atoms with Crippen molar-refractivity contribution in [3.8, 4) is 0 Å². The number of anilines is 2. The number of benzene rings is 1. The molecule has 5 nitrogen and oxygen atoms in total. The summed E-state index contributed by atoms with van der Waals surface area (Å²) in [5, 5.41) is 0. The van der Waals surface area contributed by atoms with Crippen LogP contribution < -0.4 is 11.5 Å². The Hall–Kier alpha value is -1.75. The maximum Gasteiger partial charge on any atom is 0.254 e. The molecule has 1 aliphatic heterocycles. The normalized spacial score (nSPS) is 19.6. The number of likely N-dealkylation sites (tertiary alicyclic amines) is 1. The fourth-order valence-corrected chi connectivity index (χ4v) is 2.09. The summed E-state index contributed by atoms with van der Waals surface area (Å²) < 4.78 is 5.23. The molecule has 5 heteroatoms. The van der Waals surface area contributed by atoms with Crippen molar-refractivity contribution < 1.29 is 9.53 Å². The average molecular weight is 235 g/mol. The zero-order valence-corrected chi connectivity index (χ0v) is 9.85. The number of hydrogen-bond acceptors (Lipinski definition) is 4. The third-order valence-electron chi connectivity index (χ3n) is 2.99. The summed E-state index contributed by atoms with van der Waals surface area (Å²) in [5.41, 5.74) is 12.9. The maximum absolute atomic E-state index is 12.2. The molecular formula is C12H17N3O2. The number of nitrogens with zero attached hydrogens (tertiary/aromatic N) is 1. The lowest BCUT2D eigenvalue weighted by atomic mass is 10.1. The lowest BCUT2D eigenvalue weighted by Gasteiger charge is -2.16. The van der Waals surface area contributed by atoms with E-state index >= 15 is 0 Å². The van der Waals surface area contributed by atoms with E-state index in [2.05, 4.69) is 0 Å². The van der Waals surface area contributed by atoms with Crippen molar-refractivity contribution in [2.75, 3.05) is 31.7 Å². The Bertz CT molecular complexity index is 414. The van der Waals surface area contributed by atoms with Gasteiger partial charge in [0.05, 0.1) is 6.10 Å². The van der Waals surface area contributed by atoms with Gasteiger partial charge in [0.25, 0.3) is 5.91 Å². The number of carbonyl (C=O) groups excluding carboxylic acids is 1. The molecule has 0 radical (unpaired) electrons. The van der Waals surface area contributed by atoms with E-state index < -0.39 is 0 Å². The topological polar surface area (TPSA) is 81.6 Å². The minimum Gasteiger partial charge on any atom is -0.399 e. The molecular weight excluding hydrogens is 218 g/mol. The molecule has 92 valence electrons. The van der Waals surface area contributed by atoms with Crippen LogP contribution in [0.15, 0.2) is 18.2 Å². The van der Waals surface area contributed by atoms with E-state index in [-0.39, 0.29) is 12.0 Å². The molecule has 1 heterocycles. The van der Waals surface area contributed by atoms with Gasteiger partial charge in [-0.3, -0.25) is 4.79 Å². The Morgan fingerprint density at radius 2 is 2.00 bits per heavy atom. The second-order valence-electron chi connectivity index (χ2n) is 4.29. The van der Waals surface area contributed by atoms with E-state index in [9.17, 15) is 4.79 Å². The summed E-state index contributed by atoms with van der Waals surface area (Å²) in [6.45, 7) is 1.34. The molecule has 4 N–H and O–H groups in total. The minimum atomic E-state index is -0.0384. The van der Waals surface area contributed by atoms with Crippen LogP contribution in [0.3, 0.4) is 0 Å². The Balaban J connectivity index is 2.14. The number of nitrogens with two attached hydrogens (primary N) is 2. The van der Waals surface area contributed by atoms with Gasteiger partial charge in [0.1, 0.15) is 0 Å². The summed E-state index contributed by atoms with van der Waals surface area (Å²) in [6, 6.07) is 4.94. The highest BCUT2D eigenvalue weighted by Gasteiger charge is 2.26. The van der Waals surface area contributed by atoms with Gasteiger partial charge in [-0.05, 0) is 24.6 Å². The van der Waals surface area contributed by atoms with E-state index in [1.165, 1.54) is 0 Å². The van der Waals surface area contributed by atoms with Crippen molar-refractivity contribution in [2.24, 2.45) is 0 Å². The van der Waals surface area contributed by atoms with Crippen LogP contribution >= 0.6 is 0 Å². The van der Waals surface area contributed by atoms with Crippen LogP contribution in [0, 0.1) is 0 Å². The third kappa shape index (κ3) is 2.50. The SMILES string of the molecule is COC1CCN(C(=O)c2cc(N)cc(N)c2)C1. The summed E-state index contributed by atoms with van der Waals surface area (Å²) in [6.07, 6.45) is 1.01. The van der Waals surface area contributed by atoms with Crippen molar-refractivity contribution in [3.05, 3.63) is 23.8 Å². The van der Waals surface area contributed by atoms with Gasteiger partial charge in [0.15, 0.2) is 0 Å². The Kier molecular flexibility index (Phi) is 3.19. The van der Waals surface area contributed by atoms with E-state index in [0.29, 0.717) is 30.0 Å². The number of amides is 1. The zero-order chi connectivity index (χ0) is 12.4. The van der Waals surface area contributed by atoms with Gasteiger partial charge in [0.2, 0.25) is 0 Å². The van der Waals surface area contributed by atoms with Crippen LogP contribution in [0.2, 0.25) is 0 Å². The number of rotatable bonds is 2. The van der Waals surface area contributed by atoms with Crippen molar-refractivity contribution in [1.82, 2.24) is 4.90 Å². The van der Waals surface area contributed by atoms with Gasteiger partial charge in [-0.15, -0.1) is 0 Å². The standard InChI is InChI=1S/C12H17N3O2/c1-17-11-2-3-15(7-11)12(16)8-4-9(13)6-10(14)5-8/h4-6,11H,2-3,7,13-14H2,1H3. The molecule has 1 saturated heterocycles. The summed E-state index contributed by atoms with van der Waals surface area (Å²) in [7, 11) is 1.66. The summed E-state index contributed by atoms with van der Waals surface area (Å²) >= 11 is 0. The largest absolute Gasteiger partial charge is 0.399 e. The molecule has 1 aromatic rings. The van der Waals surface area contributed by atoms with Crippen LogP contribution in [0.5, 0.6) is 0 Å². The van der Waals surface area contributed by atoms with Gasteiger partial charge in [-0.25, -0.2) is 0 Å². The van der Waals surface area contributed by atoms with Crippen molar-refractivity contribution in [2.45, 2.75) is 12.5 Å². The third-order valence-corrected chi connectivity index (χ3v) is 2.99. The van der Waals surface area contributed by atoms with Gasteiger partial charge in [-0.2, -0.15) is 0 Å². The first-order valence-electron chi connectivity index (χ1n) is 5.58. The molecule has 0 saturated carbocycles. The quantitative estimate of drug-likeness (QED) is 0.740. The number of carbonyl (C=O) groups is 1. The molecule has 0 spiro atoms. The highest BCUT2D eigenvalue weighted by atomic mass is 16.5. The predicted octanol–water partition coefficient (Wildman–Crippen LogP) is 0.712. The number of ether oxygens (including phenoxy) is 1. The molecule has 1 aromatic carbocycles. The van der Waals surface area contributed by atoms with Crippen LogP contribution in [0.4, 0.5) is 11.4 Å². The second-order valence-corrected chi connectivity index (χ2v) is 4.29. The minimum absolute atomic E-state index is 0.0384. The highest BCUT2D eigenvalue weighted by molar-refractivity contribution is 5.96. The van der Waals surface area contributed by atoms with Gasteiger partial charge in [0, 0.05) is 37.1 Å². The number of hydrogen-bond donors (Lipinski definition) is 2. The lowest BCUT2D eigenvalue weighted by molar-refractivity contribution is 0.0724. The molecule has 1 atom stereocenters. The highest BCUT2D eigenvalue weighted by Crippen LogP contribution is 2.19. The molecule has 0 aliphatic carbocycles. The van der Waals surface area contributed by atoms with Crippen molar-refractivity contribution in [1.29, 1.82) is 0 Å². The Labute approximate surface area is 100 Å². The number of nitrogen functional groups attached to an aromatic ring is 2. The Morgan fingerprint density at radius 3 is 2.53 bits per heavy atom. The van der Waals surface area contributed by atoms with Crippen LogP contribution in [-0.4, -0.2) is 37.1 Å². The molecule has 2 rings (SSSR count). The van der Waals surface area contributed by atoms with Crippen molar-refractivity contribution >= 4 is 17.3 Å². The van der Waals surface area contributed by atoms with E-state index in [0.717, 1.165) is 6.42 Å². The van der Waals surface area contributed by atoms with E-state index in [4.69, 9.17) is 16.2 Å². The smallest absolute Gasteiger partial charge is 0.254 e. The van der Waals surface area contributed by atoms with Crippen LogP contribution in [0.25, 0.3) is 0 Å². The molecule has 1 unspecified atom stereocenters. The fraction of sp³-hybridized carbons (Fsp3) is 0.417. The van der Waals surface area contributed by atoms with Gasteiger partial charge in [-0.1, -0.05) is 0 Å². The molecule has 1 amide bonds. The van der Waals surface area contributed by atoms with Crippen LogP contribution in [-0.2, 0) is 4.74 Å². The zero-order valence-electron chi connectivity index (χ0n) is 9.85.